The van der Waals surface area contributed by atoms with Crippen molar-refractivity contribution < 1.29 is 9.53 Å². The SMILES string of the molecule is CCCCn1c(=O)c(NC(=O)Nc2cc(CN(CC)CC)ccc2C(C)(C)C)c(-c2cccc(OC)c2)c2cccnc21. The molecule has 0 saturated heterocycles. The monoisotopic (exact) mass is 583 g/mol. The molecule has 0 radical (unpaired) electrons. The van der Waals surface area contributed by atoms with Crippen LogP contribution in [-0.4, -0.2) is 40.7 Å². The van der Waals surface area contributed by atoms with Crippen LogP contribution in [0.3, 0.4) is 0 Å². The molecule has 0 aliphatic carbocycles. The molecule has 0 aliphatic heterocycles. The van der Waals surface area contributed by atoms with Crippen LogP contribution in [0.25, 0.3) is 22.2 Å². The van der Waals surface area contributed by atoms with Crippen molar-refractivity contribution in [3.63, 3.8) is 0 Å². The molecule has 4 rings (SSSR count). The van der Waals surface area contributed by atoms with E-state index in [0.717, 1.165) is 60.2 Å². The van der Waals surface area contributed by atoms with Gasteiger partial charge in [0.25, 0.3) is 5.56 Å². The maximum Gasteiger partial charge on any atom is 0.323 e. The average Bonchev–Trinajstić information content (AvgIpc) is 2.99. The maximum atomic E-state index is 14.1. The van der Waals surface area contributed by atoms with Crippen molar-refractivity contribution in [3.05, 3.63) is 82.3 Å². The molecule has 0 aliphatic rings. The number of methoxy groups -OCH3 is 1. The van der Waals surface area contributed by atoms with E-state index < -0.39 is 6.03 Å². The third-order valence-corrected chi connectivity index (χ3v) is 7.79. The minimum Gasteiger partial charge on any atom is -0.497 e. The van der Waals surface area contributed by atoms with E-state index in [1.807, 2.05) is 42.5 Å². The number of amides is 2. The van der Waals surface area contributed by atoms with Crippen LogP contribution in [0.5, 0.6) is 5.75 Å². The zero-order valence-electron chi connectivity index (χ0n) is 26.6. The van der Waals surface area contributed by atoms with Gasteiger partial charge in [0.05, 0.1) is 7.11 Å². The number of hydrogen-bond acceptors (Lipinski definition) is 5. The van der Waals surface area contributed by atoms with Gasteiger partial charge in [0.2, 0.25) is 0 Å². The molecule has 2 aromatic carbocycles. The van der Waals surface area contributed by atoms with E-state index >= 15 is 0 Å². The number of benzene rings is 2. The molecule has 228 valence electrons. The largest absolute Gasteiger partial charge is 0.497 e. The zero-order chi connectivity index (χ0) is 31.1. The molecule has 2 heterocycles. The summed E-state index contributed by atoms with van der Waals surface area (Å²) in [6.45, 7) is 15.9. The molecule has 2 aromatic heterocycles. The summed E-state index contributed by atoms with van der Waals surface area (Å²) < 4.78 is 7.16. The van der Waals surface area contributed by atoms with Crippen molar-refractivity contribution in [1.82, 2.24) is 14.5 Å². The minimum absolute atomic E-state index is 0.205. The normalized spacial score (nSPS) is 11.6. The van der Waals surface area contributed by atoms with Crippen molar-refractivity contribution >= 4 is 28.4 Å². The first-order valence-corrected chi connectivity index (χ1v) is 15.2. The number of hydrogen-bond donors (Lipinski definition) is 2. The van der Waals surface area contributed by atoms with Gasteiger partial charge in [0.15, 0.2) is 0 Å². The van der Waals surface area contributed by atoms with Crippen molar-refractivity contribution in [3.8, 4) is 16.9 Å². The number of nitrogens with zero attached hydrogens (tertiary/aromatic N) is 3. The summed E-state index contributed by atoms with van der Waals surface area (Å²) in [6.07, 6.45) is 3.42. The second kappa shape index (κ2) is 13.9. The Morgan fingerprint density at radius 1 is 1.00 bits per heavy atom. The molecule has 0 bridgehead atoms. The van der Waals surface area contributed by atoms with Gasteiger partial charge in [-0.05, 0) is 71.9 Å². The number of rotatable bonds is 11. The topological polar surface area (TPSA) is 88.5 Å². The van der Waals surface area contributed by atoms with Gasteiger partial charge in [-0.25, -0.2) is 9.78 Å². The highest BCUT2D eigenvalue weighted by Gasteiger charge is 2.23. The number of ether oxygens (including phenoxy) is 1. The molecular formula is C35H45N5O3. The first-order valence-electron chi connectivity index (χ1n) is 15.2. The van der Waals surface area contributed by atoms with Crippen molar-refractivity contribution in [1.29, 1.82) is 0 Å². The predicted octanol–water partition coefficient (Wildman–Crippen LogP) is 7.66. The molecule has 0 atom stereocenters. The Kier molecular flexibility index (Phi) is 10.2. The van der Waals surface area contributed by atoms with E-state index in [2.05, 4.69) is 74.2 Å². The van der Waals surface area contributed by atoms with Gasteiger partial charge in [-0.2, -0.15) is 0 Å². The molecule has 0 saturated carbocycles. The molecule has 0 fully saturated rings. The van der Waals surface area contributed by atoms with E-state index in [9.17, 15) is 9.59 Å². The Hall–Kier alpha value is -4.17. The number of unbranched alkanes of at least 4 members (excludes halogenated alkanes) is 1. The molecule has 43 heavy (non-hydrogen) atoms. The smallest absolute Gasteiger partial charge is 0.323 e. The molecule has 8 heteroatoms. The fraction of sp³-hybridized carbons (Fsp3) is 0.400. The standard InChI is InChI=1S/C35H45N5O3/c1-8-11-20-40-32-27(16-13-19-36-32)30(25-14-12-15-26(22-25)43-7)31(33(40)41)38-34(42)37-29-21-24(23-39(9-2)10-3)17-18-28(29)35(4,5)6/h12-19,21-22H,8-11,20,23H2,1-7H3,(H2,37,38,42). The van der Waals surface area contributed by atoms with E-state index in [-0.39, 0.29) is 16.7 Å². The number of nitrogens with one attached hydrogen (secondary N) is 2. The summed E-state index contributed by atoms with van der Waals surface area (Å²) >= 11 is 0. The van der Waals surface area contributed by atoms with Crippen LogP contribution in [0, 0.1) is 0 Å². The van der Waals surface area contributed by atoms with Gasteiger partial charge in [-0.3, -0.25) is 14.3 Å². The Morgan fingerprint density at radius 2 is 1.77 bits per heavy atom. The van der Waals surface area contributed by atoms with E-state index in [0.29, 0.717) is 23.5 Å². The van der Waals surface area contributed by atoms with E-state index in [1.54, 1.807) is 17.9 Å². The van der Waals surface area contributed by atoms with Gasteiger partial charge in [-0.15, -0.1) is 0 Å². The Morgan fingerprint density at radius 3 is 2.44 bits per heavy atom. The summed E-state index contributed by atoms with van der Waals surface area (Å²) in [5.74, 6) is 0.653. The van der Waals surface area contributed by atoms with Crippen molar-refractivity contribution in [2.45, 2.75) is 72.9 Å². The van der Waals surface area contributed by atoms with Crippen LogP contribution in [0.4, 0.5) is 16.2 Å². The lowest BCUT2D eigenvalue weighted by Crippen LogP contribution is -2.30. The molecule has 2 N–H and O–H groups in total. The Balaban J connectivity index is 1.84. The van der Waals surface area contributed by atoms with Gasteiger partial charge in [0, 0.05) is 35.9 Å². The second-order valence-corrected chi connectivity index (χ2v) is 11.8. The number of urea groups is 1. The Labute approximate surface area is 255 Å². The molecule has 4 aromatic rings. The summed E-state index contributed by atoms with van der Waals surface area (Å²) in [7, 11) is 1.61. The maximum absolute atomic E-state index is 14.1. The van der Waals surface area contributed by atoms with Crippen LogP contribution < -0.4 is 20.9 Å². The lowest BCUT2D eigenvalue weighted by Gasteiger charge is -2.25. The van der Waals surface area contributed by atoms with E-state index in [1.165, 1.54) is 0 Å². The molecule has 2 amide bonds. The van der Waals surface area contributed by atoms with Gasteiger partial charge >= 0.3 is 6.03 Å². The fourth-order valence-electron chi connectivity index (χ4n) is 5.42. The highest BCUT2D eigenvalue weighted by molar-refractivity contribution is 6.07. The van der Waals surface area contributed by atoms with E-state index in [4.69, 9.17) is 4.74 Å². The highest BCUT2D eigenvalue weighted by atomic mass is 16.5. The van der Waals surface area contributed by atoms with Crippen LogP contribution in [0.2, 0.25) is 0 Å². The van der Waals surface area contributed by atoms with Crippen LogP contribution >= 0.6 is 0 Å². The number of pyridine rings is 2. The van der Waals surface area contributed by atoms with Gasteiger partial charge in [-0.1, -0.05) is 72.2 Å². The lowest BCUT2D eigenvalue weighted by molar-refractivity contribution is 0.262. The third kappa shape index (κ3) is 7.25. The summed E-state index contributed by atoms with van der Waals surface area (Å²) in [6, 6.07) is 17.1. The molecular weight excluding hydrogens is 538 g/mol. The zero-order valence-corrected chi connectivity index (χ0v) is 26.6. The minimum atomic E-state index is -0.475. The summed E-state index contributed by atoms with van der Waals surface area (Å²) in [4.78, 5) is 34.9. The second-order valence-electron chi connectivity index (χ2n) is 11.8. The van der Waals surface area contributed by atoms with Crippen LogP contribution in [0.15, 0.2) is 65.6 Å². The molecule has 0 unspecified atom stereocenters. The number of anilines is 2. The Bertz CT molecular complexity index is 1630. The van der Waals surface area contributed by atoms with Crippen molar-refractivity contribution in [2.75, 3.05) is 30.8 Å². The summed E-state index contributed by atoms with van der Waals surface area (Å²) in [5, 5.41) is 6.84. The fourth-order valence-corrected chi connectivity index (χ4v) is 5.42. The number of aromatic nitrogens is 2. The first kappa shape index (κ1) is 31.8. The average molecular weight is 584 g/mol. The lowest BCUT2D eigenvalue weighted by atomic mass is 9.85. The number of carbonyl (C=O) groups excluding carboxylic acids is 1. The summed E-state index contributed by atoms with van der Waals surface area (Å²) in [5.41, 5.74) is 4.52. The third-order valence-electron chi connectivity index (χ3n) is 7.79. The first-order chi connectivity index (χ1) is 20.6. The van der Waals surface area contributed by atoms with Gasteiger partial charge in [0.1, 0.15) is 17.1 Å². The number of carbonyl (C=O) groups is 1. The molecule has 0 spiro atoms. The van der Waals surface area contributed by atoms with Crippen molar-refractivity contribution in [2.24, 2.45) is 0 Å². The molecule has 8 nitrogen and oxygen atoms in total. The number of fused-ring (bicyclic) bond motifs is 1. The quantitative estimate of drug-likeness (QED) is 0.189. The number of aryl methyl sites for hydroxylation is 1. The highest BCUT2D eigenvalue weighted by Crippen LogP contribution is 2.35. The predicted molar refractivity (Wildman–Crippen MR) is 177 cm³/mol. The van der Waals surface area contributed by atoms with Crippen LogP contribution in [-0.2, 0) is 18.5 Å². The van der Waals surface area contributed by atoms with Crippen LogP contribution in [0.1, 0.15) is 65.5 Å². The van der Waals surface area contributed by atoms with Gasteiger partial charge < -0.3 is 15.4 Å².